The molecular weight excluding hydrogens is 485 g/mol. The van der Waals surface area contributed by atoms with Crippen molar-refractivity contribution in [1.29, 1.82) is 0 Å². The van der Waals surface area contributed by atoms with E-state index in [0.717, 1.165) is 38.9 Å². The van der Waals surface area contributed by atoms with E-state index < -0.39 is 23.5 Å². The number of hydrogen-bond acceptors (Lipinski definition) is 4. The lowest BCUT2D eigenvalue weighted by Crippen LogP contribution is -2.28. The third-order valence-corrected chi connectivity index (χ3v) is 6.96. The van der Waals surface area contributed by atoms with E-state index in [4.69, 9.17) is 9.47 Å². The van der Waals surface area contributed by atoms with Crippen LogP contribution in [0.2, 0.25) is 0 Å². The number of aliphatic carboxylic acids is 1. The molecule has 1 atom stereocenters. The summed E-state index contributed by atoms with van der Waals surface area (Å²) >= 11 is 0. The Morgan fingerprint density at radius 1 is 0.974 bits per heavy atom. The van der Waals surface area contributed by atoms with Crippen LogP contribution >= 0.6 is 0 Å². The van der Waals surface area contributed by atoms with Crippen LogP contribution in [0.3, 0.4) is 0 Å². The lowest BCUT2D eigenvalue weighted by atomic mass is 9.83. The minimum Gasteiger partial charge on any atom is -0.497 e. The summed E-state index contributed by atoms with van der Waals surface area (Å²) in [6, 6.07) is 11.9. The molecule has 0 fully saturated rings. The van der Waals surface area contributed by atoms with Gasteiger partial charge >= 0.3 is 5.97 Å². The minimum atomic E-state index is -1.20. The predicted octanol–water partition coefficient (Wildman–Crippen LogP) is 6.52. The van der Waals surface area contributed by atoms with Crippen molar-refractivity contribution in [2.24, 2.45) is 0 Å². The summed E-state index contributed by atoms with van der Waals surface area (Å²) in [6.45, 7) is 12.0. The lowest BCUT2D eigenvalue weighted by molar-refractivity contribution is -0.160. The molecule has 0 aromatic heterocycles. The number of halogens is 1. The maximum atomic E-state index is 14.2. The van der Waals surface area contributed by atoms with Crippen molar-refractivity contribution < 1.29 is 28.6 Å². The van der Waals surface area contributed by atoms with Crippen LogP contribution < -0.4 is 4.74 Å². The highest BCUT2D eigenvalue weighted by Crippen LogP contribution is 2.44. The highest BCUT2D eigenvalue weighted by Gasteiger charge is 2.36. The molecule has 1 aliphatic rings. The Morgan fingerprint density at radius 3 is 2.13 bits per heavy atom. The number of rotatable bonds is 6. The highest BCUT2D eigenvalue weighted by atomic mass is 19.1. The molecular formula is C31H34FNO5. The molecule has 0 saturated carbocycles. The molecule has 0 saturated heterocycles. The average molecular weight is 520 g/mol. The number of carboxylic acids is 1. The normalized spacial score (nSPS) is 13.8. The first-order chi connectivity index (χ1) is 17.8. The summed E-state index contributed by atoms with van der Waals surface area (Å²) < 4.78 is 25.4. The van der Waals surface area contributed by atoms with Gasteiger partial charge in [0.15, 0.2) is 6.10 Å². The highest BCUT2D eigenvalue weighted by molar-refractivity contribution is 5.95. The lowest BCUT2D eigenvalue weighted by Gasteiger charge is -2.29. The molecule has 1 aliphatic heterocycles. The molecule has 0 radical (unpaired) electrons. The van der Waals surface area contributed by atoms with Gasteiger partial charge in [0.25, 0.3) is 5.91 Å². The summed E-state index contributed by atoms with van der Waals surface area (Å²) in [5.41, 5.74) is 6.42. The standard InChI is InChI=1S/C31H34FNO5/c1-17-8-10-20(11-9-17)26-18(2)24-15-33(29(34)21-12-22(32)14-23(13-21)37-7)16-25(24)19(3)27(26)28(30(35)36)38-31(4,5)6/h8-14,28H,15-16H2,1-7H3,(H,35,36)/t28-/m0/s1. The van der Waals surface area contributed by atoms with Crippen molar-refractivity contribution in [2.75, 3.05) is 7.11 Å². The van der Waals surface area contributed by atoms with Gasteiger partial charge in [0.1, 0.15) is 11.6 Å². The van der Waals surface area contributed by atoms with Gasteiger partial charge in [-0.3, -0.25) is 4.79 Å². The maximum Gasteiger partial charge on any atom is 0.337 e. The molecule has 0 bridgehead atoms. The van der Waals surface area contributed by atoms with Crippen LogP contribution in [0.1, 0.15) is 70.6 Å². The number of carbonyl (C=O) groups excluding carboxylic acids is 1. The van der Waals surface area contributed by atoms with Crippen LogP contribution in [0.4, 0.5) is 4.39 Å². The summed E-state index contributed by atoms with van der Waals surface area (Å²) in [7, 11) is 1.42. The Morgan fingerprint density at radius 2 is 1.58 bits per heavy atom. The first-order valence-electron chi connectivity index (χ1n) is 12.6. The van der Waals surface area contributed by atoms with Crippen molar-refractivity contribution in [3.05, 3.63) is 87.2 Å². The largest absolute Gasteiger partial charge is 0.497 e. The number of nitrogens with zero attached hydrogens (tertiary/aromatic N) is 1. The Hall–Kier alpha value is -3.71. The first kappa shape index (κ1) is 27.3. The number of benzene rings is 3. The molecule has 4 rings (SSSR count). The molecule has 1 heterocycles. The van der Waals surface area contributed by atoms with Crippen molar-refractivity contribution in [3.63, 3.8) is 0 Å². The minimum absolute atomic E-state index is 0.198. The fourth-order valence-electron chi connectivity index (χ4n) is 5.16. The number of hydrogen-bond donors (Lipinski definition) is 1. The van der Waals surface area contributed by atoms with Crippen LogP contribution in [-0.4, -0.2) is 34.6 Å². The van der Waals surface area contributed by atoms with Gasteiger partial charge in [0.2, 0.25) is 0 Å². The summed E-state index contributed by atoms with van der Waals surface area (Å²) in [5, 5.41) is 10.3. The van der Waals surface area contributed by atoms with Gasteiger partial charge < -0.3 is 19.5 Å². The van der Waals surface area contributed by atoms with E-state index in [9.17, 15) is 19.1 Å². The number of fused-ring (bicyclic) bond motifs is 1. The topological polar surface area (TPSA) is 76.1 Å². The maximum absolute atomic E-state index is 14.2. The second-order valence-corrected chi connectivity index (χ2v) is 10.9. The molecule has 1 N–H and O–H groups in total. The van der Waals surface area contributed by atoms with Crippen LogP contribution in [0.25, 0.3) is 11.1 Å². The Labute approximate surface area is 223 Å². The predicted molar refractivity (Wildman–Crippen MR) is 144 cm³/mol. The second kappa shape index (κ2) is 10.2. The average Bonchev–Trinajstić information content (AvgIpc) is 3.30. The van der Waals surface area contributed by atoms with E-state index in [-0.39, 0.29) is 23.8 Å². The third-order valence-electron chi connectivity index (χ3n) is 6.96. The van der Waals surface area contributed by atoms with Crippen LogP contribution in [0.5, 0.6) is 5.75 Å². The summed E-state index contributed by atoms with van der Waals surface area (Å²) in [4.78, 5) is 27.7. The Bertz CT molecular complexity index is 1410. The molecule has 6 nitrogen and oxygen atoms in total. The Kier molecular flexibility index (Phi) is 7.35. The third kappa shape index (κ3) is 5.29. The van der Waals surface area contributed by atoms with E-state index in [0.29, 0.717) is 12.1 Å². The van der Waals surface area contributed by atoms with Crippen molar-refractivity contribution in [2.45, 2.75) is 66.3 Å². The van der Waals surface area contributed by atoms with Gasteiger partial charge in [0.05, 0.1) is 12.7 Å². The molecule has 0 unspecified atom stereocenters. The zero-order valence-electron chi connectivity index (χ0n) is 22.9. The fraction of sp³-hybridized carbons (Fsp3) is 0.355. The summed E-state index contributed by atoms with van der Waals surface area (Å²) in [6.07, 6.45) is -1.20. The van der Waals surface area contributed by atoms with Gasteiger partial charge in [-0.1, -0.05) is 29.8 Å². The van der Waals surface area contributed by atoms with E-state index >= 15 is 0 Å². The van der Waals surface area contributed by atoms with E-state index in [2.05, 4.69) is 0 Å². The number of aryl methyl sites for hydroxylation is 1. The van der Waals surface area contributed by atoms with Gasteiger partial charge in [-0.2, -0.15) is 0 Å². The molecule has 1 amide bonds. The second-order valence-electron chi connectivity index (χ2n) is 10.9. The van der Waals surface area contributed by atoms with Crippen molar-refractivity contribution >= 4 is 11.9 Å². The molecule has 0 aliphatic carbocycles. The smallest absolute Gasteiger partial charge is 0.337 e. The fourth-order valence-corrected chi connectivity index (χ4v) is 5.16. The number of methoxy groups -OCH3 is 1. The zero-order valence-corrected chi connectivity index (χ0v) is 22.9. The zero-order chi connectivity index (χ0) is 27.9. The van der Waals surface area contributed by atoms with Gasteiger partial charge in [-0.15, -0.1) is 0 Å². The molecule has 7 heteroatoms. The molecule has 38 heavy (non-hydrogen) atoms. The van der Waals surface area contributed by atoms with Gasteiger partial charge in [-0.05, 0) is 87.1 Å². The number of amides is 1. The van der Waals surface area contributed by atoms with Crippen LogP contribution in [-0.2, 0) is 22.6 Å². The van der Waals surface area contributed by atoms with E-state index in [1.54, 1.807) is 4.90 Å². The van der Waals surface area contributed by atoms with Crippen molar-refractivity contribution in [1.82, 2.24) is 4.90 Å². The molecule has 200 valence electrons. The van der Waals surface area contributed by atoms with E-state index in [1.807, 2.05) is 65.8 Å². The van der Waals surface area contributed by atoms with Gasteiger partial charge in [-0.25, -0.2) is 9.18 Å². The summed E-state index contributed by atoms with van der Waals surface area (Å²) in [5.74, 6) is -1.68. The number of carboxylic acid groups (broad SMARTS) is 1. The van der Waals surface area contributed by atoms with Crippen LogP contribution in [0, 0.1) is 26.6 Å². The van der Waals surface area contributed by atoms with Crippen molar-refractivity contribution in [3.8, 4) is 16.9 Å². The quantitative estimate of drug-likeness (QED) is 0.401. The first-order valence-corrected chi connectivity index (χ1v) is 12.6. The molecule has 0 spiro atoms. The number of ether oxygens (including phenoxy) is 2. The van der Waals surface area contributed by atoms with Crippen LogP contribution in [0.15, 0.2) is 42.5 Å². The molecule has 3 aromatic carbocycles. The Balaban J connectivity index is 1.88. The number of carbonyl (C=O) groups is 2. The van der Waals surface area contributed by atoms with E-state index in [1.165, 1.54) is 25.3 Å². The SMILES string of the molecule is COc1cc(F)cc(C(=O)N2Cc3c(C)c(-c4ccc(C)cc4)c([C@H](OC(C)(C)C)C(=O)O)c(C)c3C2)c1. The monoisotopic (exact) mass is 519 g/mol. The molecule has 3 aromatic rings. The van der Waals surface area contributed by atoms with Gasteiger partial charge in [0, 0.05) is 30.3 Å².